The highest BCUT2D eigenvalue weighted by Gasteiger charge is 2.13. The van der Waals surface area contributed by atoms with Gasteiger partial charge in [0.25, 0.3) is 0 Å². The van der Waals surface area contributed by atoms with Gasteiger partial charge in [0.05, 0.1) is 20.3 Å². The molecule has 0 fully saturated rings. The fraction of sp³-hybridized carbons (Fsp3) is 0.600. The number of ether oxygens (including phenoxy) is 4. The Hall–Kier alpha value is -1.30. The fourth-order valence-electron chi connectivity index (χ4n) is 1.86. The summed E-state index contributed by atoms with van der Waals surface area (Å²) in [7, 11) is 4.99. The molecular weight excluding hydrogens is 258 g/mol. The van der Waals surface area contributed by atoms with Gasteiger partial charge < -0.3 is 24.3 Å². The van der Waals surface area contributed by atoms with E-state index < -0.39 is 0 Å². The number of benzene rings is 1. The molecule has 0 bridgehead atoms. The molecule has 1 aromatic rings. The molecule has 0 aliphatic heterocycles. The average molecular weight is 283 g/mol. The Morgan fingerprint density at radius 3 is 2.60 bits per heavy atom. The van der Waals surface area contributed by atoms with Gasteiger partial charge in [-0.1, -0.05) is 12.1 Å². The van der Waals surface area contributed by atoms with Gasteiger partial charge in [-0.25, -0.2) is 0 Å². The number of hydrogen-bond donors (Lipinski definition) is 1. The molecule has 0 aliphatic carbocycles. The summed E-state index contributed by atoms with van der Waals surface area (Å²) in [5, 5.41) is 3.31. The van der Waals surface area contributed by atoms with E-state index in [1.165, 1.54) is 0 Å². The first-order valence-corrected chi connectivity index (χ1v) is 6.74. The Kier molecular flexibility index (Phi) is 8.02. The average Bonchev–Trinajstić information content (AvgIpc) is 2.45. The molecule has 0 saturated heterocycles. The van der Waals surface area contributed by atoms with Crippen LogP contribution in [0, 0.1) is 0 Å². The maximum atomic E-state index is 5.94. The lowest BCUT2D eigenvalue weighted by Gasteiger charge is -2.19. The normalized spacial score (nSPS) is 12.2. The van der Waals surface area contributed by atoms with Crippen LogP contribution in [0.5, 0.6) is 11.5 Å². The molecule has 20 heavy (non-hydrogen) atoms. The van der Waals surface area contributed by atoms with E-state index in [1.807, 2.05) is 25.1 Å². The van der Waals surface area contributed by atoms with Gasteiger partial charge in [-0.3, -0.25) is 0 Å². The third-order valence-corrected chi connectivity index (χ3v) is 2.80. The van der Waals surface area contributed by atoms with Gasteiger partial charge >= 0.3 is 0 Å². The molecule has 0 saturated carbocycles. The Bertz CT molecular complexity index is 384. The molecule has 0 aliphatic rings. The molecular formula is C15H25NO4. The lowest BCUT2D eigenvalue weighted by molar-refractivity contribution is 0.0891. The smallest absolute Gasteiger partial charge is 0.166 e. The van der Waals surface area contributed by atoms with Crippen LogP contribution in [0.1, 0.15) is 12.5 Å². The minimum absolute atomic E-state index is 0.0333. The van der Waals surface area contributed by atoms with Crippen molar-refractivity contribution in [2.45, 2.75) is 19.6 Å². The molecule has 0 heterocycles. The van der Waals surface area contributed by atoms with Gasteiger partial charge in [0.1, 0.15) is 6.10 Å². The molecule has 0 aromatic heterocycles. The molecule has 5 heteroatoms. The Labute approximate surface area is 121 Å². The molecule has 1 unspecified atom stereocenters. The summed E-state index contributed by atoms with van der Waals surface area (Å²) in [6.45, 7) is 4.68. The SMILES string of the molecule is COCCNCc1cccc(OC)c1OC(C)COC. The molecule has 1 rings (SSSR count). The van der Waals surface area contributed by atoms with Crippen molar-refractivity contribution in [1.82, 2.24) is 5.32 Å². The van der Waals surface area contributed by atoms with Crippen LogP contribution in [0.2, 0.25) is 0 Å². The van der Waals surface area contributed by atoms with Gasteiger partial charge in [-0.05, 0) is 13.0 Å². The molecule has 1 aromatic carbocycles. The first kappa shape index (κ1) is 16.8. The van der Waals surface area contributed by atoms with Crippen molar-refractivity contribution in [3.63, 3.8) is 0 Å². The second kappa shape index (κ2) is 9.58. The van der Waals surface area contributed by atoms with Crippen molar-refractivity contribution < 1.29 is 18.9 Å². The monoisotopic (exact) mass is 283 g/mol. The number of hydrogen-bond acceptors (Lipinski definition) is 5. The summed E-state index contributed by atoms with van der Waals surface area (Å²) in [5.74, 6) is 1.50. The minimum Gasteiger partial charge on any atom is -0.493 e. The van der Waals surface area contributed by atoms with Crippen molar-refractivity contribution in [3.8, 4) is 11.5 Å². The van der Waals surface area contributed by atoms with Crippen LogP contribution < -0.4 is 14.8 Å². The maximum Gasteiger partial charge on any atom is 0.166 e. The summed E-state index contributed by atoms with van der Waals surface area (Å²) in [5.41, 5.74) is 1.06. The van der Waals surface area contributed by atoms with Gasteiger partial charge in [-0.15, -0.1) is 0 Å². The summed E-state index contributed by atoms with van der Waals surface area (Å²) in [4.78, 5) is 0. The highest BCUT2D eigenvalue weighted by atomic mass is 16.5. The standard InChI is InChI=1S/C15H25NO4/c1-12(11-18-3)20-15-13(10-16-8-9-17-2)6-5-7-14(15)19-4/h5-7,12,16H,8-11H2,1-4H3. The van der Waals surface area contributed by atoms with Crippen molar-refractivity contribution in [1.29, 1.82) is 0 Å². The van der Waals surface area contributed by atoms with Crippen LogP contribution in [-0.2, 0) is 16.0 Å². The topological polar surface area (TPSA) is 49.0 Å². The van der Waals surface area contributed by atoms with Gasteiger partial charge in [0.2, 0.25) is 0 Å². The van der Waals surface area contributed by atoms with E-state index in [2.05, 4.69) is 5.32 Å². The van der Waals surface area contributed by atoms with Crippen LogP contribution in [-0.4, -0.2) is 47.2 Å². The van der Waals surface area contributed by atoms with E-state index in [0.717, 1.165) is 23.6 Å². The van der Waals surface area contributed by atoms with E-state index in [9.17, 15) is 0 Å². The van der Waals surface area contributed by atoms with E-state index in [1.54, 1.807) is 21.3 Å². The molecule has 1 N–H and O–H groups in total. The van der Waals surface area contributed by atoms with Crippen LogP contribution in [0.15, 0.2) is 18.2 Å². The van der Waals surface area contributed by atoms with Gasteiger partial charge in [0.15, 0.2) is 11.5 Å². The molecule has 1 atom stereocenters. The number of para-hydroxylation sites is 1. The van der Waals surface area contributed by atoms with Crippen LogP contribution in [0.25, 0.3) is 0 Å². The van der Waals surface area contributed by atoms with E-state index in [0.29, 0.717) is 19.8 Å². The van der Waals surface area contributed by atoms with Crippen LogP contribution in [0.4, 0.5) is 0 Å². The number of methoxy groups -OCH3 is 3. The quantitative estimate of drug-likeness (QED) is 0.664. The number of rotatable bonds is 10. The Morgan fingerprint density at radius 2 is 1.95 bits per heavy atom. The van der Waals surface area contributed by atoms with Crippen molar-refractivity contribution >= 4 is 0 Å². The first-order valence-electron chi connectivity index (χ1n) is 6.74. The predicted molar refractivity (Wildman–Crippen MR) is 78.5 cm³/mol. The third-order valence-electron chi connectivity index (χ3n) is 2.80. The zero-order valence-corrected chi connectivity index (χ0v) is 12.8. The second-order valence-corrected chi connectivity index (χ2v) is 4.50. The fourth-order valence-corrected chi connectivity index (χ4v) is 1.86. The molecule has 0 spiro atoms. The van der Waals surface area contributed by atoms with Crippen molar-refractivity contribution in [3.05, 3.63) is 23.8 Å². The van der Waals surface area contributed by atoms with Gasteiger partial charge in [-0.2, -0.15) is 0 Å². The highest BCUT2D eigenvalue weighted by molar-refractivity contribution is 5.46. The predicted octanol–water partition coefficient (Wildman–Crippen LogP) is 1.84. The minimum atomic E-state index is -0.0333. The van der Waals surface area contributed by atoms with Crippen LogP contribution in [0.3, 0.4) is 0 Å². The first-order chi connectivity index (χ1) is 9.72. The Balaban J connectivity index is 2.75. The number of nitrogens with one attached hydrogen (secondary N) is 1. The Morgan fingerprint density at radius 1 is 1.15 bits per heavy atom. The van der Waals surface area contributed by atoms with Gasteiger partial charge in [0, 0.05) is 32.9 Å². The van der Waals surface area contributed by atoms with E-state index >= 15 is 0 Å². The third kappa shape index (κ3) is 5.36. The molecule has 0 radical (unpaired) electrons. The molecule has 114 valence electrons. The summed E-state index contributed by atoms with van der Waals surface area (Å²) in [6.07, 6.45) is -0.0333. The zero-order valence-electron chi connectivity index (χ0n) is 12.8. The second-order valence-electron chi connectivity index (χ2n) is 4.50. The van der Waals surface area contributed by atoms with Crippen molar-refractivity contribution in [2.75, 3.05) is 41.1 Å². The summed E-state index contributed by atoms with van der Waals surface area (Å²) < 4.78 is 21.4. The highest BCUT2D eigenvalue weighted by Crippen LogP contribution is 2.31. The van der Waals surface area contributed by atoms with Crippen LogP contribution >= 0.6 is 0 Å². The lowest BCUT2D eigenvalue weighted by Crippen LogP contribution is -2.22. The lowest BCUT2D eigenvalue weighted by atomic mass is 10.1. The zero-order chi connectivity index (χ0) is 14.8. The van der Waals surface area contributed by atoms with E-state index in [-0.39, 0.29) is 6.10 Å². The molecule has 0 amide bonds. The summed E-state index contributed by atoms with van der Waals surface area (Å²) in [6, 6.07) is 5.88. The van der Waals surface area contributed by atoms with Crippen molar-refractivity contribution in [2.24, 2.45) is 0 Å². The maximum absolute atomic E-state index is 5.94. The van der Waals surface area contributed by atoms with E-state index in [4.69, 9.17) is 18.9 Å². The largest absolute Gasteiger partial charge is 0.493 e. The molecule has 5 nitrogen and oxygen atoms in total. The summed E-state index contributed by atoms with van der Waals surface area (Å²) >= 11 is 0.